The van der Waals surface area contributed by atoms with Crippen LogP contribution in [0.15, 0.2) is 24.3 Å². The number of nitrogens with one attached hydrogen (secondary N) is 1. The summed E-state index contributed by atoms with van der Waals surface area (Å²) in [6.45, 7) is 8.09. The fourth-order valence-corrected chi connectivity index (χ4v) is 2.36. The van der Waals surface area contributed by atoms with Crippen molar-refractivity contribution in [2.75, 3.05) is 26.2 Å². The van der Waals surface area contributed by atoms with E-state index in [4.69, 9.17) is 4.74 Å². The molecule has 1 aromatic heterocycles. The van der Waals surface area contributed by atoms with Gasteiger partial charge in [0, 0.05) is 20.1 Å². The highest BCUT2D eigenvalue weighted by atomic mass is 16.5. The summed E-state index contributed by atoms with van der Waals surface area (Å²) in [6.07, 6.45) is 0.367. The van der Waals surface area contributed by atoms with Crippen molar-refractivity contribution >= 4 is 5.91 Å². The maximum atomic E-state index is 12.0. The number of amides is 1. The Labute approximate surface area is 148 Å². The lowest BCUT2D eigenvalue weighted by atomic mass is 10.1. The molecule has 1 heterocycles. The predicted molar refractivity (Wildman–Crippen MR) is 94.1 cm³/mol. The van der Waals surface area contributed by atoms with Gasteiger partial charge in [0.1, 0.15) is 12.4 Å². The molecule has 0 fully saturated rings. The van der Waals surface area contributed by atoms with E-state index in [9.17, 15) is 4.79 Å². The Morgan fingerprint density at radius 2 is 1.96 bits per heavy atom. The van der Waals surface area contributed by atoms with Gasteiger partial charge in [-0.3, -0.25) is 4.79 Å². The SMILES string of the molecule is CCN(CC)CCNC(=O)Cc1ccc(OCc2nnnn2C)cc1. The molecular weight excluding hydrogens is 320 g/mol. The quantitative estimate of drug-likeness (QED) is 0.685. The Kier molecular flexibility index (Phi) is 7.34. The Morgan fingerprint density at radius 1 is 1.24 bits per heavy atom. The molecule has 0 saturated carbocycles. The molecule has 1 N–H and O–H groups in total. The van der Waals surface area contributed by atoms with Crippen molar-refractivity contribution in [1.82, 2.24) is 30.4 Å². The summed E-state index contributed by atoms with van der Waals surface area (Å²) in [5.74, 6) is 1.40. The molecule has 0 aliphatic carbocycles. The number of carbonyl (C=O) groups is 1. The summed E-state index contributed by atoms with van der Waals surface area (Å²) in [6, 6.07) is 7.49. The van der Waals surface area contributed by atoms with Crippen molar-refractivity contribution in [2.45, 2.75) is 26.9 Å². The zero-order chi connectivity index (χ0) is 18.1. The third-order valence-electron chi connectivity index (χ3n) is 4.01. The Bertz CT molecular complexity index is 651. The number of benzene rings is 1. The van der Waals surface area contributed by atoms with E-state index in [1.54, 1.807) is 11.7 Å². The monoisotopic (exact) mass is 346 g/mol. The minimum absolute atomic E-state index is 0.0333. The highest BCUT2D eigenvalue weighted by Gasteiger charge is 2.06. The van der Waals surface area contributed by atoms with Gasteiger partial charge in [-0.25, -0.2) is 4.68 Å². The molecule has 0 radical (unpaired) electrons. The molecule has 0 unspecified atom stereocenters. The number of likely N-dealkylation sites (N-methyl/N-ethyl adjacent to an activating group) is 1. The molecule has 1 amide bonds. The van der Waals surface area contributed by atoms with E-state index in [0.29, 0.717) is 31.1 Å². The summed E-state index contributed by atoms with van der Waals surface area (Å²) in [5, 5.41) is 14.1. The molecule has 0 aliphatic heterocycles. The van der Waals surface area contributed by atoms with Crippen LogP contribution in [-0.2, 0) is 24.9 Å². The number of aromatic nitrogens is 4. The molecule has 0 saturated heterocycles. The first-order valence-electron chi connectivity index (χ1n) is 8.54. The summed E-state index contributed by atoms with van der Waals surface area (Å²) in [5.41, 5.74) is 0.952. The molecule has 8 heteroatoms. The van der Waals surface area contributed by atoms with Gasteiger partial charge in [0.25, 0.3) is 0 Å². The lowest BCUT2D eigenvalue weighted by Gasteiger charge is -2.17. The lowest BCUT2D eigenvalue weighted by molar-refractivity contribution is -0.120. The number of rotatable bonds is 10. The molecule has 0 aliphatic rings. The van der Waals surface area contributed by atoms with Crippen molar-refractivity contribution in [3.8, 4) is 5.75 Å². The molecular formula is C17H26N6O2. The molecule has 2 rings (SSSR count). The molecule has 136 valence electrons. The normalized spacial score (nSPS) is 10.9. The number of nitrogens with zero attached hydrogens (tertiary/aromatic N) is 5. The van der Waals surface area contributed by atoms with Crippen molar-refractivity contribution < 1.29 is 9.53 Å². The Balaban J connectivity index is 1.74. The summed E-state index contributed by atoms with van der Waals surface area (Å²) >= 11 is 0. The largest absolute Gasteiger partial charge is 0.486 e. The van der Waals surface area contributed by atoms with Gasteiger partial charge in [0.05, 0.1) is 6.42 Å². The third-order valence-corrected chi connectivity index (χ3v) is 4.01. The standard InChI is InChI=1S/C17H26N6O2/c1-4-23(5-2)11-10-18-17(24)12-14-6-8-15(9-7-14)25-13-16-19-20-21-22(16)3/h6-9H,4-5,10-13H2,1-3H3,(H,18,24). The highest BCUT2D eigenvalue weighted by molar-refractivity contribution is 5.78. The van der Waals surface area contributed by atoms with Gasteiger partial charge >= 0.3 is 0 Å². The molecule has 0 atom stereocenters. The van der Waals surface area contributed by atoms with Crippen LogP contribution < -0.4 is 10.1 Å². The Morgan fingerprint density at radius 3 is 2.56 bits per heavy atom. The fraction of sp³-hybridized carbons (Fsp3) is 0.529. The van der Waals surface area contributed by atoms with Crippen LogP contribution in [-0.4, -0.2) is 57.2 Å². The number of ether oxygens (including phenoxy) is 1. The predicted octanol–water partition coefficient (Wildman–Crippen LogP) is 0.790. The zero-order valence-electron chi connectivity index (χ0n) is 15.1. The Hall–Kier alpha value is -2.48. The van der Waals surface area contributed by atoms with Crippen molar-refractivity contribution in [1.29, 1.82) is 0 Å². The molecule has 25 heavy (non-hydrogen) atoms. The van der Waals surface area contributed by atoms with E-state index < -0.39 is 0 Å². The van der Waals surface area contributed by atoms with Crippen LogP contribution in [0.1, 0.15) is 25.2 Å². The van der Waals surface area contributed by atoms with Gasteiger partial charge < -0.3 is 15.0 Å². The van der Waals surface area contributed by atoms with Crippen LogP contribution in [0.4, 0.5) is 0 Å². The number of hydrogen-bond donors (Lipinski definition) is 1. The van der Waals surface area contributed by atoms with E-state index >= 15 is 0 Å². The number of carbonyl (C=O) groups excluding carboxylic acids is 1. The molecule has 8 nitrogen and oxygen atoms in total. The van der Waals surface area contributed by atoms with Gasteiger partial charge in [0.2, 0.25) is 5.91 Å². The van der Waals surface area contributed by atoms with E-state index in [0.717, 1.165) is 25.2 Å². The van der Waals surface area contributed by atoms with Crippen LogP contribution in [0.5, 0.6) is 5.75 Å². The first kappa shape index (κ1) is 18.9. The minimum atomic E-state index is 0.0333. The molecule has 2 aromatic rings. The van der Waals surface area contributed by atoms with E-state index in [1.807, 2.05) is 24.3 Å². The van der Waals surface area contributed by atoms with E-state index in [1.165, 1.54) is 0 Å². The maximum Gasteiger partial charge on any atom is 0.224 e. The first-order chi connectivity index (χ1) is 12.1. The van der Waals surface area contributed by atoms with Gasteiger partial charge in [-0.15, -0.1) is 5.10 Å². The van der Waals surface area contributed by atoms with Gasteiger partial charge in [-0.1, -0.05) is 26.0 Å². The second kappa shape index (κ2) is 9.73. The molecule has 0 bridgehead atoms. The maximum absolute atomic E-state index is 12.0. The summed E-state index contributed by atoms with van der Waals surface area (Å²) in [7, 11) is 1.76. The minimum Gasteiger partial charge on any atom is -0.486 e. The van der Waals surface area contributed by atoms with E-state index in [-0.39, 0.29) is 5.91 Å². The number of tetrazole rings is 1. The van der Waals surface area contributed by atoms with Crippen LogP contribution >= 0.6 is 0 Å². The average molecular weight is 346 g/mol. The molecule has 0 spiro atoms. The summed E-state index contributed by atoms with van der Waals surface area (Å²) < 4.78 is 7.20. The average Bonchev–Trinajstić information content (AvgIpc) is 3.03. The lowest BCUT2D eigenvalue weighted by Crippen LogP contribution is -2.35. The second-order valence-electron chi connectivity index (χ2n) is 5.70. The third kappa shape index (κ3) is 6.15. The highest BCUT2D eigenvalue weighted by Crippen LogP contribution is 2.13. The number of hydrogen-bond acceptors (Lipinski definition) is 6. The van der Waals surface area contributed by atoms with Crippen LogP contribution in [0.2, 0.25) is 0 Å². The van der Waals surface area contributed by atoms with Crippen LogP contribution in [0, 0.1) is 0 Å². The van der Waals surface area contributed by atoms with Gasteiger partial charge in [-0.05, 0) is 41.2 Å². The van der Waals surface area contributed by atoms with Crippen LogP contribution in [0.25, 0.3) is 0 Å². The first-order valence-corrected chi connectivity index (χ1v) is 8.54. The van der Waals surface area contributed by atoms with Crippen molar-refractivity contribution in [3.05, 3.63) is 35.7 Å². The van der Waals surface area contributed by atoms with Crippen molar-refractivity contribution in [2.24, 2.45) is 7.05 Å². The number of aryl methyl sites for hydroxylation is 1. The second-order valence-corrected chi connectivity index (χ2v) is 5.70. The topological polar surface area (TPSA) is 85.2 Å². The summed E-state index contributed by atoms with van der Waals surface area (Å²) in [4.78, 5) is 14.3. The van der Waals surface area contributed by atoms with Crippen molar-refractivity contribution in [3.63, 3.8) is 0 Å². The van der Waals surface area contributed by atoms with Crippen LogP contribution in [0.3, 0.4) is 0 Å². The fourth-order valence-electron chi connectivity index (χ4n) is 2.36. The smallest absolute Gasteiger partial charge is 0.224 e. The van der Waals surface area contributed by atoms with E-state index in [2.05, 4.69) is 39.6 Å². The van der Waals surface area contributed by atoms with Gasteiger partial charge in [-0.2, -0.15) is 0 Å². The zero-order valence-corrected chi connectivity index (χ0v) is 15.1. The van der Waals surface area contributed by atoms with Gasteiger partial charge in [0.15, 0.2) is 5.82 Å². The molecule has 1 aromatic carbocycles.